The Hall–Kier alpha value is -1.80. The third-order valence-electron chi connectivity index (χ3n) is 4.56. The topological polar surface area (TPSA) is 79.0 Å². The first-order valence-electron chi connectivity index (χ1n) is 8.93. The first-order valence-corrected chi connectivity index (χ1v) is 10.8. The fraction of sp³-hybridized carbons (Fsp3) is 0.611. The lowest BCUT2D eigenvalue weighted by Gasteiger charge is -2.33. The van der Waals surface area contributed by atoms with Crippen molar-refractivity contribution in [1.82, 2.24) is 10.2 Å². The second-order valence-electron chi connectivity index (χ2n) is 6.75. The summed E-state index contributed by atoms with van der Waals surface area (Å²) in [6.45, 7) is 5.88. The summed E-state index contributed by atoms with van der Waals surface area (Å²) >= 11 is 0. The van der Waals surface area contributed by atoms with E-state index in [0.717, 1.165) is 36.5 Å². The number of amides is 1. The minimum atomic E-state index is -3.61. The molecule has 0 aromatic heterocycles. The number of likely N-dealkylation sites (tertiary alicyclic amines) is 1. The molecule has 0 aliphatic carbocycles. The van der Waals surface area contributed by atoms with Crippen molar-refractivity contribution in [3.63, 3.8) is 0 Å². The van der Waals surface area contributed by atoms with E-state index < -0.39 is 16.1 Å². The minimum Gasteiger partial charge on any atom is -0.494 e. The lowest BCUT2D eigenvalue weighted by atomic mass is 10.1. The highest BCUT2D eigenvalue weighted by molar-refractivity contribution is 7.92. The van der Waals surface area contributed by atoms with E-state index in [9.17, 15) is 13.2 Å². The molecule has 0 unspecified atom stereocenters. The molecule has 1 saturated heterocycles. The Balaban J connectivity index is 2.14. The molecule has 1 fully saturated rings. The number of benzene rings is 1. The zero-order valence-corrected chi connectivity index (χ0v) is 16.8. The molecule has 1 aliphatic rings. The van der Waals surface area contributed by atoms with E-state index in [1.807, 2.05) is 6.92 Å². The fourth-order valence-electron chi connectivity index (χ4n) is 3.14. The number of hydrogen-bond acceptors (Lipinski definition) is 5. The Labute approximate surface area is 156 Å². The van der Waals surface area contributed by atoms with Crippen LogP contribution in [0.1, 0.15) is 26.7 Å². The molecule has 1 atom stereocenters. The normalized spacial score (nSPS) is 17.5. The van der Waals surface area contributed by atoms with Crippen LogP contribution in [0.5, 0.6) is 5.75 Å². The van der Waals surface area contributed by atoms with Gasteiger partial charge in [0.05, 0.1) is 18.6 Å². The highest BCUT2D eigenvalue weighted by Crippen LogP contribution is 2.24. The van der Waals surface area contributed by atoms with Crippen LogP contribution in [0.2, 0.25) is 0 Å². The number of piperidine rings is 1. The quantitative estimate of drug-likeness (QED) is 0.771. The largest absolute Gasteiger partial charge is 0.494 e. The average molecular weight is 384 g/mol. The van der Waals surface area contributed by atoms with Gasteiger partial charge in [-0.3, -0.25) is 9.10 Å². The number of carbonyl (C=O) groups excluding carboxylic acids is 1. The molecule has 0 spiro atoms. The third-order valence-corrected chi connectivity index (χ3v) is 5.80. The zero-order chi connectivity index (χ0) is 19.3. The maximum atomic E-state index is 12.7. The Morgan fingerprint density at radius 3 is 2.38 bits per heavy atom. The second-order valence-corrected chi connectivity index (χ2v) is 8.61. The maximum absolute atomic E-state index is 12.7. The van der Waals surface area contributed by atoms with E-state index in [1.165, 1.54) is 0 Å². The van der Waals surface area contributed by atoms with Crippen molar-refractivity contribution in [2.75, 3.05) is 37.3 Å². The van der Waals surface area contributed by atoms with Crippen molar-refractivity contribution in [1.29, 1.82) is 0 Å². The van der Waals surface area contributed by atoms with Crippen molar-refractivity contribution in [2.24, 2.45) is 0 Å². The molecule has 26 heavy (non-hydrogen) atoms. The van der Waals surface area contributed by atoms with Crippen LogP contribution in [-0.4, -0.2) is 64.3 Å². The smallest absolute Gasteiger partial charge is 0.243 e. The van der Waals surface area contributed by atoms with E-state index in [-0.39, 0.29) is 11.9 Å². The van der Waals surface area contributed by atoms with Gasteiger partial charge >= 0.3 is 0 Å². The van der Waals surface area contributed by atoms with Crippen LogP contribution in [0.4, 0.5) is 5.69 Å². The van der Waals surface area contributed by atoms with Crippen LogP contribution in [0.25, 0.3) is 0 Å². The molecular formula is C18H29N3O4S. The van der Waals surface area contributed by atoms with E-state index in [0.29, 0.717) is 18.0 Å². The summed E-state index contributed by atoms with van der Waals surface area (Å²) in [5.41, 5.74) is 0.446. The third kappa shape index (κ3) is 5.35. The maximum Gasteiger partial charge on any atom is 0.243 e. The van der Waals surface area contributed by atoms with Crippen molar-refractivity contribution >= 4 is 21.6 Å². The molecule has 1 heterocycles. The highest BCUT2D eigenvalue weighted by Gasteiger charge is 2.30. The van der Waals surface area contributed by atoms with E-state index >= 15 is 0 Å². The highest BCUT2D eigenvalue weighted by atomic mass is 32.2. The number of hydrogen-bond donors (Lipinski definition) is 1. The minimum absolute atomic E-state index is 0.0860. The van der Waals surface area contributed by atoms with E-state index in [2.05, 4.69) is 17.3 Å². The van der Waals surface area contributed by atoms with Gasteiger partial charge in [0.25, 0.3) is 0 Å². The molecule has 1 N–H and O–H groups in total. The molecule has 146 valence electrons. The molecule has 7 nitrogen and oxygen atoms in total. The van der Waals surface area contributed by atoms with Crippen molar-refractivity contribution in [3.05, 3.63) is 24.3 Å². The first kappa shape index (κ1) is 20.5. The monoisotopic (exact) mass is 383 g/mol. The van der Waals surface area contributed by atoms with Crippen LogP contribution in [0.15, 0.2) is 24.3 Å². The van der Waals surface area contributed by atoms with Gasteiger partial charge in [0.15, 0.2) is 0 Å². The summed E-state index contributed by atoms with van der Waals surface area (Å²) in [5, 5.41) is 3.00. The number of nitrogens with zero attached hydrogens (tertiary/aromatic N) is 2. The molecule has 0 bridgehead atoms. The van der Waals surface area contributed by atoms with Gasteiger partial charge in [-0.2, -0.15) is 0 Å². The standard InChI is InChI=1S/C18H29N3O4S/c1-5-25-17-8-6-16(7-9-17)21(26(4,23)24)14(2)18(22)19-15-10-12-20(3)13-11-15/h6-9,14-15H,5,10-13H2,1-4H3,(H,19,22)/t14-/m0/s1. The molecule has 2 rings (SSSR count). The Kier molecular flexibility index (Phi) is 6.88. The Morgan fingerprint density at radius 1 is 1.31 bits per heavy atom. The molecule has 0 radical (unpaired) electrons. The molecule has 1 amide bonds. The molecule has 1 aromatic rings. The number of carbonyl (C=O) groups is 1. The SMILES string of the molecule is CCOc1ccc(N([C@@H](C)C(=O)NC2CCN(C)CC2)S(C)(=O)=O)cc1. The van der Waals surface area contributed by atoms with Gasteiger partial charge in [0.1, 0.15) is 11.8 Å². The Morgan fingerprint density at radius 2 is 1.88 bits per heavy atom. The van der Waals surface area contributed by atoms with Gasteiger partial charge in [-0.05, 0) is 71.1 Å². The van der Waals surface area contributed by atoms with Gasteiger partial charge in [0, 0.05) is 6.04 Å². The lowest BCUT2D eigenvalue weighted by molar-refractivity contribution is -0.122. The van der Waals surface area contributed by atoms with Crippen molar-refractivity contribution in [3.8, 4) is 5.75 Å². The summed E-state index contributed by atoms with van der Waals surface area (Å²) in [7, 11) is -1.56. The van der Waals surface area contributed by atoms with Gasteiger partial charge in [-0.1, -0.05) is 0 Å². The number of ether oxygens (including phenoxy) is 1. The number of nitrogens with one attached hydrogen (secondary N) is 1. The predicted molar refractivity (Wildman–Crippen MR) is 103 cm³/mol. The lowest BCUT2D eigenvalue weighted by Crippen LogP contribution is -2.52. The van der Waals surface area contributed by atoms with Gasteiger partial charge in [0.2, 0.25) is 15.9 Å². The molecule has 1 aromatic carbocycles. The predicted octanol–water partition coefficient (Wildman–Crippen LogP) is 1.45. The van der Waals surface area contributed by atoms with Crippen LogP contribution in [0.3, 0.4) is 0 Å². The van der Waals surface area contributed by atoms with Crippen LogP contribution in [-0.2, 0) is 14.8 Å². The molecular weight excluding hydrogens is 354 g/mol. The van der Waals surface area contributed by atoms with Crippen molar-refractivity contribution < 1.29 is 17.9 Å². The molecule has 0 saturated carbocycles. The van der Waals surface area contributed by atoms with Crippen LogP contribution in [0, 0.1) is 0 Å². The number of sulfonamides is 1. The van der Waals surface area contributed by atoms with Gasteiger partial charge in [-0.25, -0.2) is 8.42 Å². The van der Waals surface area contributed by atoms with Gasteiger partial charge in [-0.15, -0.1) is 0 Å². The number of rotatable bonds is 7. The van der Waals surface area contributed by atoms with E-state index in [4.69, 9.17) is 4.74 Å². The Bertz CT molecular complexity index is 698. The summed E-state index contributed by atoms with van der Waals surface area (Å²) in [6.07, 6.45) is 2.86. The number of anilines is 1. The van der Waals surface area contributed by atoms with E-state index in [1.54, 1.807) is 31.2 Å². The summed E-state index contributed by atoms with van der Waals surface area (Å²) in [4.78, 5) is 14.9. The summed E-state index contributed by atoms with van der Waals surface area (Å²) in [6, 6.07) is 5.99. The van der Waals surface area contributed by atoms with Crippen molar-refractivity contribution in [2.45, 2.75) is 38.8 Å². The molecule has 8 heteroatoms. The fourth-order valence-corrected chi connectivity index (χ4v) is 4.31. The van der Waals surface area contributed by atoms with Crippen LogP contribution < -0.4 is 14.4 Å². The van der Waals surface area contributed by atoms with Gasteiger partial charge < -0.3 is 15.0 Å². The summed E-state index contributed by atoms with van der Waals surface area (Å²) in [5.74, 6) is 0.381. The molecule has 1 aliphatic heterocycles. The summed E-state index contributed by atoms with van der Waals surface area (Å²) < 4.78 is 31.2. The second kappa shape index (κ2) is 8.73. The zero-order valence-electron chi connectivity index (χ0n) is 15.9. The first-order chi connectivity index (χ1) is 12.2. The average Bonchev–Trinajstić information content (AvgIpc) is 2.57. The van der Waals surface area contributed by atoms with Crippen LogP contribution >= 0.6 is 0 Å².